The van der Waals surface area contributed by atoms with E-state index in [2.05, 4.69) is 27.7 Å². The van der Waals surface area contributed by atoms with E-state index in [0.717, 1.165) is 56.8 Å². The molecule has 4 heteroatoms. The number of carbonyl (C=O) groups is 2. The monoisotopic (exact) mass is 396 g/mol. The summed E-state index contributed by atoms with van der Waals surface area (Å²) in [5.74, 6) is 0.981. The summed E-state index contributed by atoms with van der Waals surface area (Å²) in [6.45, 7) is 9.96. The summed E-state index contributed by atoms with van der Waals surface area (Å²) in [6.07, 6.45) is 12.1. The Bertz CT molecular complexity index is 392. The van der Waals surface area contributed by atoms with Crippen molar-refractivity contribution in [1.29, 1.82) is 0 Å². The molecule has 0 aromatic carbocycles. The Kier molecular flexibility index (Phi) is 13.3. The van der Waals surface area contributed by atoms with Crippen molar-refractivity contribution in [2.45, 2.75) is 105 Å². The van der Waals surface area contributed by atoms with E-state index in [1.54, 1.807) is 0 Å². The molecule has 0 aromatic rings. The van der Waals surface area contributed by atoms with Gasteiger partial charge in [0.2, 0.25) is 0 Å². The van der Waals surface area contributed by atoms with Crippen LogP contribution in [0.25, 0.3) is 0 Å². The third kappa shape index (κ3) is 11.7. The average Bonchev–Trinajstić information content (AvgIpc) is 2.66. The molecule has 2 atom stereocenters. The number of esters is 2. The first-order valence-corrected chi connectivity index (χ1v) is 11.7. The summed E-state index contributed by atoms with van der Waals surface area (Å²) < 4.78 is 10.9. The van der Waals surface area contributed by atoms with E-state index in [-0.39, 0.29) is 23.8 Å². The fraction of sp³-hybridized carbons (Fsp3) is 0.917. The molecule has 164 valence electrons. The maximum absolute atomic E-state index is 12.3. The Morgan fingerprint density at radius 3 is 1.54 bits per heavy atom. The summed E-state index contributed by atoms with van der Waals surface area (Å²) in [6, 6.07) is 0. The third-order valence-electron chi connectivity index (χ3n) is 5.68. The lowest BCUT2D eigenvalue weighted by Gasteiger charge is -2.26. The zero-order chi connectivity index (χ0) is 20.8. The van der Waals surface area contributed by atoms with Gasteiger partial charge in [-0.1, -0.05) is 72.6 Å². The SMILES string of the molecule is CC(C)CCCCCOC(=O)C1CCCC(C(=O)OCCCCCC(C)C)C1. The van der Waals surface area contributed by atoms with E-state index in [0.29, 0.717) is 19.6 Å². The van der Waals surface area contributed by atoms with Gasteiger partial charge in [-0.3, -0.25) is 9.59 Å². The Labute approximate surface area is 173 Å². The molecule has 1 rings (SSSR count). The molecule has 0 saturated heterocycles. The Balaban J connectivity index is 2.16. The van der Waals surface area contributed by atoms with Crippen molar-refractivity contribution in [2.24, 2.45) is 23.7 Å². The van der Waals surface area contributed by atoms with Crippen LogP contribution in [0.5, 0.6) is 0 Å². The van der Waals surface area contributed by atoms with Crippen LogP contribution >= 0.6 is 0 Å². The van der Waals surface area contributed by atoms with Gasteiger partial charge in [0.25, 0.3) is 0 Å². The molecule has 1 saturated carbocycles. The molecule has 0 aromatic heterocycles. The normalized spacial score (nSPS) is 19.8. The summed E-state index contributed by atoms with van der Waals surface area (Å²) in [5, 5.41) is 0. The van der Waals surface area contributed by atoms with Crippen LogP contribution in [0.3, 0.4) is 0 Å². The Hall–Kier alpha value is -1.06. The molecule has 0 N–H and O–H groups in total. The van der Waals surface area contributed by atoms with E-state index >= 15 is 0 Å². The second kappa shape index (κ2) is 14.9. The van der Waals surface area contributed by atoms with E-state index in [1.165, 1.54) is 25.7 Å². The fourth-order valence-corrected chi connectivity index (χ4v) is 3.86. The summed E-state index contributed by atoms with van der Waals surface area (Å²) in [7, 11) is 0. The van der Waals surface area contributed by atoms with Crippen molar-refractivity contribution in [1.82, 2.24) is 0 Å². The smallest absolute Gasteiger partial charge is 0.308 e. The summed E-state index contributed by atoms with van der Waals surface area (Å²) in [4.78, 5) is 24.6. The number of rotatable bonds is 14. The molecule has 0 bridgehead atoms. The van der Waals surface area contributed by atoms with Gasteiger partial charge in [0.15, 0.2) is 0 Å². The first kappa shape index (κ1) is 25.0. The molecule has 0 heterocycles. The van der Waals surface area contributed by atoms with Gasteiger partial charge in [0.05, 0.1) is 25.0 Å². The Morgan fingerprint density at radius 2 is 1.14 bits per heavy atom. The number of unbranched alkanes of at least 4 members (excludes halogenated alkanes) is 4. The standard InChI is InChI=1S/C24H44O4/c1-19(2)12-7-5-9-16-27-23(25)21-14-11-15-22(18-21)24(26)28-17-10-6-8-13-20(3)4/h19-22H,5-18H2,1-4H3. The van der Waals surface area contributed by atoms with Crippen molar-refractivity contribution in [2.75, 3.05) is 13.2 Å². The summed E-state index contributed by atoms with van der Waals surface area (Å²) in [5.41, 5.74) is 0. The van der Waals surface area contributed by atoms with Gasteiger partial charge in [-0.15, -0.1) is 0 Å². The second-order valence-electron chi connectivity index (χ2n) is 9.38. The molecule has 1 aliphatic rings. The van der Waals surface area contributed by atoms with Gasteiger partial charge in [-0.25, -0.2) is 0 Å². The van der Waals surface area contributed by atoms with Gasteiger partial charge < -0.3 is 9.47 Å². The second-order valence-corrected chi connectivity index (χ2v) is 9.38. The van der Waals surface area contributed by atoms with Crippen LogP contribution in [0.15, 0.2) is 0 Å². The van der Waals surface area contributed by atoms with Gasteiger partial charge in [-0.05, 0) is 43.9 Å². The highest BCUT2D eigenvalue weighted by Gasteiger charge is 2.32. The van der Waals surface area contributed by atoms with Crippen LogP contribution < -0.4 is 0 Å². The van der Waals surface area contributed by atoms with Gasteiger partial charge in [0, 0.05) is 0 Å². The van der Waals surface area contributed by atoms with Crippen molar-refractivity contribution in [3.63, 3.8) is 0 Å². The molecule has 28 heavy (non-hydrogen) atoms. The summed E-state index contributed by atoms with van der Waals surface area (Å²) >= 11 is 0. The first-order chi connectivity index (χ1) is 13.4. The lowest BCUT2D eigenvalue weighted by Crippen LogP contribution is -2.30. The Morgan fingerprint density at radius 1 is 0.714 bits per heavy atom. The number of carbonyl (C=O) groups excluding carboxylic acids is 2. The maximum Gasteiger partial charge on any atom is 0.308 e. The minimum atomic E-state index is -0.131. The van der Waals surface area contributed by atoms with Crippen molar-refractivity contribution in [3.8, 4) is 0 Å². The van der Waals surface area contributed by atoms with Gasteiger partial charge >= 0.3 is 11.9 Å². The maximum atomic E-state index is 12.3. The van der Waals surface area contributed by atoms with Gasteiger partial charge in [0.1, 0.15) is 0 Å². The lowest BCUT2D eigenvalue weighted by atomic mass is 9.81. The number of hydrogen-bond donors (Lipinski definition) is 0. The van der Waals surface area contributed by atoms with E-state index < -0.39 is 0 Å². The van der Waals surface area contributed by atoms with Crippen molar-refractivity contribution in [3.05, 3.63) is 0 Å². The highest BCUT2D eigenvalue weighted by Crippen LogP contribution is 2.31. The molecule has 1 fully saturated rings. The quantitative estimate of drug-likeness (QED) is 0.255. The molecule has 0 radical (unpaired) electrons. The molecular formula is C24H44O4. The zero-order valence-corrected chi connectivity index (χ0v) is 18.8. The van der Waals surface area contributed by atoms with Crippen LogP contribution in [-0.2, 0) is 19.1 Å². The topological polar surface area (TPSA) is 52.6 Å². The van der Waals surface area contributed by atoms with Crippen LogP contribution in [-0.4, -0.2) is 25.2 Å². The zero-order valence-electron chi connectivity index (χ0n) is 18.8. The third-order valence-corrected chi connectivity index (χ3v) is 5.68. The highest BCUT2D eigenvalue weighted by atomic mass is 16.5. The van der Waals surface area contributed by atoms with E-state index in [4.69, 9.17) is 9.47 Å². The molecule has 0 amide bonds. The van der Waals surface area contributed by atoms with E-state index in [9.17, 15) is 9.59 Å². The van der Waals surface area contributed by atoms with Crippen molar-refractivity contribution < 1.29 is 19.1 Å². The predicted molar refractivity (Wildman–Crippen MR) is 114 cm³/mol. The average molecular weight is 397 g/mol. The predicted octanol–water partition coefficient (Wildman–Crippen LogP) is 6.31. The number of hydrogen-bond acceptors (Lipinski definition) is 4. The van der Waals surface area contributed by atoms with Crippen molar-refractivity contribution >= 4 is 11.9 Å². The molecule has 4 nitrogen and oxygen atoms in total. The molecule has 1 aliphatic carbocycles. The minimum absolute atomic E-state index is 0.116. The van der Waals surface area contributed by atoms with E-state index in [1.807, 2.05) is 0 Å². The van der Waals surface area contributed by atoms with Crippen LogP contribution in [0.2, 0.25) is 0 Å². The highest BCUT2D eigenvalue weighted by molar-refractivity contribution is 5.76. The first-order valence-electron chi connectivity index (χ1n) is 11.7. The molecule has 0 spiro atoms. The minimum Gasteiger partial charge on any atom is -0.465 e. The van der Waals surface area contributed by atoms with Crippen LogP contribution in [0.1, 0.15) is 105 Å². The molecule has 0 aliphatic heterocycles. The van der Waals surface area contributed by atoms with Gasteiger partial charge in [-0.2, -0.15) is 0 Å². The largest absolute Gasteiger partial charge is 0.465 e. The van der Waals surface area contributed by atoms with Crippen LogP contribution in [0, 0.1) is 23.7 Å². The lowest BCUT2D eigenvalue weighted by molar-refractivity contribution is -0.155. The fourth-order valence-electron chi connectivity index (χ4n) is 3.86. The molecular weight excluding hydrogens is 352 g/mol. The van der Waals surface area contributed by atoms with Crippen LogP contribution in [0.4, 0.5) is 0 Å². The number of ether oxygens (including phenoxy) is 2. The molecule has 2 unspecified atom stereocenters.